The molecule has 7 nitrogen and oxygen atoms in total. The monoisotopic (exact) mass is 371 g/mol. The van der Waals surface area contributed by atoms with Crippen molar-refractivity contribution >= 4 is 16.8 Å². The molecule has 8 heteroatoms. The number of nitrogens with zero attached hydrogens (tertiary/aromatic N) is 2. The second-order valence-electron chi connectivity index (χ2n) is 6.91. The number of aromatic amines is 2. The molecule has 1 aromatic carbocycles. The average molecular weight is 371 g/mol. The van der Waals surface area contributed by atoms with Gasteiger partial charge in [0.2, 0.25) is 5.91 Å². The Balaban J connectivity index is 1.49. The molecule has 1 saturated heterocycles. The molecule has 0 saturated carbocycles. The summed E-state index contributed by atoms with van der Waals surface area (Å²) in [6.07, 6.45) is 0.945. The standard InChI is InChI=1S/C19H22FN5O2/c1-3-17-23-19(25-24-17)14-8-27-9-16(14)22-18(26)7-12-10(2)21-15-5-4-11(20)6-13(12)15/h4-6,14,16,21H,3,7-9H2,1-2H3,(H,22,26)(H,23,24,25)/t14-,16+/m1/s1. The topological polar surface area (TPSA) is 95.7 Å². The van der Waals surface area contributed by atoms with Crippen molar-refractivity contribution in [1.29, 1.82) is 0 Å². The lowest BCUT2D eigenvalue weighted by Crippen LogP contribution is -2.40. The number of halogens is 1. The zero-order chi connectivity index (χ0) is 19.0. The lowest BCUT2D eigenvalue weighted by molar-refractivity contribution is -0.121. The number of aryl methyl sites for hydroxylation is 2. The first-order valence-electron chi connectivity index (χ1n) is 9.10. The molecule has 0 spiro atoms. The van der Waals surface area contributed by atoms with E-state index in [0.717, 1.165) is 34.4 Å². The SMILES string of the molecule is CCc1nc([C@@H]2COC[C@@H]2NC(=O)Cc2c(C)[nH]c3ccc(F)cc23)n[nH]1. The molecule has 142 valence electrons. The molecule has 3 aromatic rings. The highest BCUT2D eigenvalue weighted by Crippen LogP contribution is 2.25. The van der Waals surface area contributed by atoms with Crippen LogP contribution in [0.5, 0.6) is 0 Å². The van der Waals surface area contributed by atoms with Crippen LogP contribution in [0.1, 0.15) is 35.7 Å². The number of benzene rings is 1. The minimum atomic E-state index is -0.316. The van der Waals surface area contributed by atoms with E-state index < -0.39 is 0 Å². The largest absolute Gasteiger partial charge is 0.378 e. The number of rotatable bonds is 5. The summed E-state index contributed by atoms with van der Waals surface area (Å²) in [6, 6.07) is 4.38. The van der Waals surface area contributed by atoms with Crippen molar-refractivity contribution in [3.05, 3.63) is 46.9 Å². The minimum absolute atomic E-state index is 0.0768. The van der Waals surface area contributed by atoms with Gasteiger partial charge in [-0.15, -0.1) is 0 Å². The Morgan fingerprint density at radius 1 is 1.41 bits per heavy atom. The predicted molar refractivity (Wildman–Crippen MR) is 97.9 cm³/mol. The number of amides is 1. The van der Waals surface area contributed by atoms with E-state index in [2.05, 4.69) is 25.5 Å². The highest BCUT2D eigenvalue weighted by Gasteiger charge is 2.34. The van der Waals surface area contributed by atoms with Gasteiger partial charge in [0.1, 0.15) is 11.6 Å². The molecule has 1 fully saturated rings. The lowest BCUT2D eigenvalue weighted by Gasteiger charge is -2.16. The van der Waals surface area contributed by atoms with Crippen molar-refractivity contribution in [3.63, 3.8) is 0 Å². The Bertz CT molecular complexity index is 980. The Hall–Kier alpha value is -2.74. The van der Waals surface area contributed by atoms with Gasteiger partial charge in [-0.05, 0) is 30.7 Å². The van der Waals surface area contributed by atoms with Crippen molar-refractivity contribution in [2.75, 3.05) is 13.2 Å². The number of aromatic nitrogens is 4. The summed E-state index contributed by atoms with van der Waals surface area (Å²) in [5, 5.41) is 10.9. The van der Waals surface area contributed by atoms with Gasteiger partial charge in [0, 0.05) is 23.0 Å². The van der Waals surface area contributed by atoms with Gasteiger partial charge in [-0.1, -0.05) is 6.92 Å². The van der Waals surface area contributed by atoms with Gasteiger partial charge in [0.25, 0.3) is 0 Å². The Morgan fingerprint density at radius 2 is 2.26 bits per heavy atom. The maximum absolute atomic E-state index is 13.6. The van der Waals surface area contributed by atoms with Crippen LogP contribution < -0.4 is 5.32 Å². The Labute approximate surface area is 155 Å². The van der Waals surface area contributed by atoms with E-state index in [9.17, 15) is 9.18 Å². The van der Waals surface area contributed by atoms with Crippen molar-refractivity contribution < 1.29 is 13.9 Å². The maximum Gasteiger partial charge on any atom is 0.224 e. The number of carbonyl (C=O) groups excluding carboxylic acids is 1. The van der Waals surface area contributed by atoms with Crippen molar-refractivity contribution in [3.8, 4) is 0 Å². The second-order valence-corrected chi connectivity index (χ2v) is 6.91. The first-order chi connectivity index (χ1) is 13.0. The molecular weight excluding hydrogens is 349 g/mol. The van der Waals surface area contributed by atoms with Gasteiger partial charge < -0.3 is 15.0 Å². The molecule has 0 bridgehead atoms. The van der Waals surface area contributed by atoms with E-state index in [0.29, 0.717) is 19.0 Å². The van der Waals surface area contributed by atoms with E-state index in [-0.39, 0.29) is 30.1 Å². The number of hydrogen-bond donors (Lipinski definition) is 3. The van der Waals surface area contributed by atoms with Crippen LogP contribution in [0.15, 0.2) is 18.2 Å². The van der Waals surface area contributed by atoms with Crippen molar-refractivity contribution in [2.24, 2.45) is 0 Å². The summed E-state index contributed by atoms with van der Waals surface area (Å²) in [5.41, 5.74) is 2.50. The molecular formula is C19H22FN5O2. The van der Waals surface area contributed by atoms with Gasteiger partial charge in [-0.3, -0.25) is 9.89 Å². The quantitative estimate of drug-likeness (QED) is 0.640. The zero-order valence-electron chi connectivity index (χ0n) is 15.3. The maximum atomic E-state index is 13.6. The molecule has 27 heavy (non-hydrogen) atoms. The van der Waals surface area contributed by atoms with Crippen LogP contribution in [-0.2, 0) is 22.4 Å². The smallest absolute Gasteiger partial charge is 0.224 e. The molecule has 2 atom stereocenters. The fourth-order valence-corrected chi connectivity index (χ4v) is 3.59. The van der Waals surface area contributed by atoms with E-state index in [1.54, 1.807) is 6.07 Å². The summed E-state index contributed by atoms with van der Waals surface area (Å²) >= 11 is 0. The van der Waals surface area contributed by atoms with Crippen LogP contribution >= 0.6 is 0 Å². The number of nitrogens with one attached hydrogen (secondary N) is 3. The van der Waals surface area contributed by atoms with Gasteiger partial charge in [-0.2, -0.15) is 5.10 Å². The molecule has 0 unspecified atom stereocenters. The van der Waals surface area contributed by atoms with Crippen LogP contribution in [-0.4, -0.2) is 45.3 Å². The molecule has 3 N–H and O–H groups in total. The van der Waals surface area contributed by atoms with Gasteiger partial charge >= 0.3 is 0 Å². The highest BCUT2D eigenvalue weighted by atomic mass is 19.1. The van der Waals surface area contributed by atoms with E-state index in [1.807, 2.05) is 13.8 Å². The number of fused-ring (bicyclic) bond motifs is 1. The Kier molecular flexibility index (Phi) is 4.65. The van der Waals surface area contributed by atoms with Crippen molar-refractivity contribution in [1.82, 2.24) is 25.5 Å². The summed E-state index contributed by atoms with van der Waals surface area (Å²) in [7, 11) is 0. The van der Waals surface area contributed by atoms with Gasteiger partial charge in [0.15, 0.2) is 5.82 Å². The number of ether oxygens (including phenoxy) is 1. The summed E-state index contributed by atoms with van der Waals surface area (Å²) in [5.74, 6) is 0.962. The van der Waals surface area contributed by atoms with Crippen molar-refractivity contribution in [2.45, 2.75) is 38.6 Å². The van der Waals surface area contributed by atoms with Crippen LogP contribution in [0.3, 0.4) is 0 Å². The normalized spacial score (nSPS) is 19.7. The van der Waals surface area contributed by atoms with Crippen LogP contribution in [0.4, 0.5) is 4.39 Å². The first-order valence-corrected chi connectivity index (χ1v) is 9.10. The zero-order valence-corrected chi connectivity index (χ0v) is 15.3. The number of H-pyrrole nitrogens is 2. The number of hydrogen-bond acceptors (Lipinski definition) is 4. The van der Waals surface area contributed by atoms with Crippen LogP contribution in [0.25, 0.3) is 10.9 Å². The molecule has 1 aliphatic rings. The van der Waals surface area contributed by atoms with Crippen LogP contribution in [0.2, 0.25) is 0 Å². The van der Waals surface area contributed by atoms with E-state index >= 15 is 0 Å². The molecule has 2 aromatic heterocycles. The van der Waals surface area contributed by atoms with E-state index in [1.165, 1.54) is 12.1 Å². The second kappa shape index (κ2) is 7.11. The minimum Gasteiger partial charge on any atom is -0.378 e. The van der Waals surface area contributed by atoms with Gasteiger partial charge in [0.05, 0.1) is 31.6 Å². The molecule has 1 amide bonds. The highest BCUT2D eigenvalue weighted by molar-refractivity contribution is 5.90. The average Bonchev–Trinajstić information content (AvgIpc) is 3.35. The molecule has 3 heterocycles. The fourth-order valence-electron chi connectivity index (χ4n) is 3.59. The third-order valence-electron chi connectivity index (χ3n) is 5.06. The third-order valence-corrected chi connectivity index (χ3v) is 5.06. The Morgan fingerprint density at radius 3 is 3.04 bits per heavy atom. The van der Waals surface area contributed by atoms with Crippen LogP contribution in [0, 0.1) is 12.7 Å². The van der Waals surface area contributed by atoms with Gasteiger partial charge in [-0.25, -0.2) is 9.37 Å². The summed E-state index contributed by atoms with van der Waals surface area (Å²) in [6.45, 7) is 4.79. The molecule has 0 radical (unpaired) electrons. The molecule has 0 aliphatic carbocycles. The predicted octanol–water partition coefficient (Wildman–Crippen LogP) is 2.14. The molecule has 1 aliphatic heterocycles. The third kappa shape index (κ3) is 3.44. The van der Waals surface area contributed by atoms with E-state index in [4.69, 9.17) is 4.74 Å². The lowest BCUT2D eigenvalue weighted by atomic mass is 10.0. The number of carbonyl (C=O) groups is 1. The molecule has 4 rings (SSSR count). The fraction of sp³-hybridized carbons (Fsp3) is 0.421. The first kappa shape index (κ1) is 17.7. The summed E-state index contributed by atoms with van der Waals surface area (Å²) in [4.78, 5) is 20.3. The summed E-state index contributed by atoms with van der Waals surface area (Å²) < 4.78 is 19.2.